The molecular formula is C24H24F2N4O4. The Morgan fingerprint density at radius 3 is 2.74 bits per heavy atom. The maximum absolute atomic E-state index is 14.5. The number of rotatable bonds is 5. The highest BCUT2D eigenvalue weighted by atomic mass is 19.1. The average Bonchev–Trinajstić information content (AvgIpc) is 3.48. The van der Waals surface area contributed by atoms with Crippen LogP contribution < -0.4 is 10.2 Å². The Morgan fingerprint density at radius 2 is 1.97 bits per heavy atom. The van der Waals surface area contributed by atoms with Gasteiger partial charge in [0, 0.05) is 50.0 Å². The third-order valence-electron chi connectivity index (χ3n) is 6.76. The first-order chi connectivity index (χ1) is 16.4. The molecule has 1 atom stereocenters. The fraction of sp³-hybridized carbons (Fsp3) is 0.375. The molecule has 3 aromatic rings. The van der Waals surface area contributed by atoms with Gasteiger partial charge in [0.2, 0.25) is 0 Å². The maximum atomic E-state index is 14.5. The van der Waals surface area contributed by atoms with Crippen LogP contribution >= 0.6 is 0 Å². The molecule has 0 saturated carbocycles. The molecule has 2 aromatic heterocycles. The number of pyridine rings is 1. The van der Waals surface area contributed by atoms with E-state index in [4.69, 9.17) is 4.74 Å². The number of hydrogen-bond acceptors (Lipinski definition) is 5. The average molecular weight is 470 g/mol. The summed E-state index contributed by atoms with van der Waals surface area (Å²) in [5.41, 5.74) is 0.379. The Morgan fingerprint density at radius 1 is 1.18 bits per heavy atom. The topological polar surface area (TPSA) is 96.2 Å². The summed E-state index contributed by atoms with van der Waals surface area (Å²) in [6.07, 6.45) is 4.92. The summed E-state index contributed by atoms with van der Waals surface area (Å²) in [5, 5.41) is 16.7. The molecule has 5 rings (SSSR count). The second-order valence-corrected chi connectivity index (χ2v) is 8.74. The number of amides is 1. The van der Waals surface area contributed by atoms with Crippen LogP contribution in [0, 0.1) is 11.6 Å². The molecule has 2 saturated heterocycles. The predicted molar refractivity (Wildman–Crippen MR) is 119 cm³/mol. The summed E-state index contributed by atoms with van der Waals surface area (Å²) < 4.78 is 35.1. The van der Waals surface area contributed by atoms with E-state index in [-0.39, 0.29) is 37.7 Å². The van der Waals surface area contributed by atoms with Crippen LogP contribution in [0.3, 0.4) is 0 Å². The van der Waals surface area contributed by atoms with E-state index >= 15 is 0 Å². The Labute approximate surface area is 194 Å². The number of anilines is 1. The molecule has 2 aliphatic rings. The van der Waals surface area contributed by atoms with Crippen molar-refractivity contribution in [3.63, 3.8) is 0 Å². The molecule has 1 amide bonds. The highest BCUT2D eigenvalue weighted by Crippen LogP contribution is 2.38. The Kier molecular flexibility index (Phi) is 5.68. The lowest BCUT2D eigenvalue weighted by molar-refractivity contribution is -0.148. The number of carbonyl (C=O) groups excluding carboxylic acids is 1. The van der Waals surface area contributed by atoms with Crippen molar-refractivity contribution in [3.8, 4) is 0 Å². The fourth-order valence-corrected chi connectivity index (χ4v) is 4.89. The lowest BCUT2D eigenvalue weighted by Gasteiger charge is -2.33. The summed E-state index contributed by atoms with van der Waals surface area (Å²) >= 11 is 0. The Bertz CT molecular complexity index is 1250. The fourth-order valence-electron chi connectivity index (χ4n) is 4.89. The second kappa shape index (κ2) is 8.68. The van der Waals surface area contributed by atoms with Crippen LogP contribution in [0.2, 0.25) is 0 Å². The van der Waals surface area contributed by atoms with Gasteiger partial charge in [0.25, 0.3) is 5.91 Å². The summed E-state index contributed by atoms with van der Waals surface area (Å²) in [5.74, 6) is -2.59. The molecule has 0 spiro atoms. The van der Waals surface area contributed by atoms with Crippen molar-refractivity contribution in [2.24, 2.45) is 0 Å². The van der Waals surface area contributed by atoms with Crippen LogP contribution in [0.25, 0.3) is 5.52 Å². The van der Waals surface area contributed by atoms with Crippen LogP contribution in [0.15, 0.2) is 42.7 Å². The zero-order valence-corrected chi connectivity index (χ0v) is 18.3. The van der Waals surface area contributed by atoms with Crippen LogP contribution in [0.5, 0.6) is 0 Å². The molecule has 2 aliphatic heterocycles. The number of carboxylic acids is 1. The van der Waals surface area contributed by atoms with Crippen molar-refractivity contribution in [1.29, 1.82) is 0 Å². The van der Waals surface area contributed by atoms with Gasteiger partial charge in [-0.1, -0.05) is 0 Å². The summed E-state index contributed by atoms with van der Waals surface area (Å²) in [7, 11) is 0. The first-order valence-corrected chi connectivity index (χ1v) is 11.2. The zero-order chi connectivity index (χ0) is 23.9. The van der Waals surface area contributed by atoms with Crippen LogP contribution in [0.1, 0.15) is 47.6 Å². The predicted octanol–water partition coefficient (Wildman–Crippen LogP) is 3.32. The zero-order valence-electron chi connectivity index (χ0n) is 18.3. The number of fused-ring (bicyclic) bond motifs is 1. The van der Waals surface area contributed by atoms with E-state index in [1.54, 1.807) is 12.3 Å². The van der Waals surface area contributed by atoms with Gasteiger partial charge in [0.15, 0.2) is 0 Å². The molecule has 34 heavy (non-hydrogen) atoms. The molecule has 2 fully saturated rings. The molecule has 2 N–H and O–H groups in total. The number of carboxylic acid groups (broad SMARTS) is 1. The van der Waals surface area contributed by atoms with Crippen molar-refractivity contribution < 1.29 is 28.2 Å². The number of halogens is 2. The van der Waals surface area contributed by atoms with Crippen molar-refractivity contribution in [2.45, 2.75) is 37.3 Å². The van der Waals surface area contributed by atoms with Crippen LogP contribution in [-0.4, -0.2) is 51.9 Å². The third kappa shape index (κ3) is 3.87. The maximum Gasteiger partial charge on any atom is 0.329 e. The van der Waals surface area contributed by atoms with Gasteiger partial charge in [-0.25, -0.2) is 18.1 Å². The first kappa shape index (κ1) is 22.3. The number of carbonyl (C=O) groups is 2. The molecule has 1 aromatic carbocycles. The summed E-state index contributed by atoms with van der Waals surface area (Å²) in [6, 6.07) is 6.72. The minimum atomic E-state index is -1.39. The summed E-state index contributed by atoms with van der Waals surface area (Å²) in [6.45, 7) is 1.14. The van der Waals surface area contributed by atoms with Crippen LogP contribution in [0.4, 0.5) is 14.5 Å². The molecular weight excluding hydrogens is 446 g/mol. The molecule has 8 nitrogen and oxygen atoms in total. The van der Waals surface area contributed by atoms with E-state index in [9.17, 15) is 23.5 Å². The minimum Gasteiger partial charge on any atom is -0.480 e. The number of nitrogens with zero attached hydrogens (tertiary/aromatic N) is 3. The quantitative estimate of drug-likeness (QED) is 0.594. The lowest BCUT2D eigenvalue weighted by atomic mass is 9.90. The number of aliphatic carboxylic acids is 1. The van der Waals surface area contributed by atoms with Crippen molar-refractivity contribution in [2.75, 3.05) is 24.7 Å². The van der Waals surface area contributed by atoms with Gasteiger partial charge in [-0.05, 0) is 43.2 Å². The number of hydrogen-bond donors (Lipinski definition) is 2. The number of ether oxygens (including phenoxy) is 1. The van der Waals surface area contributed by atoms with Gasteiger partial charge in [-0.15, -0.1) is 0 Å². The smallest absolute Gasteiger partial charge is 0.329 e. The molecule has 178 valence electrons. The Hall–Kier alpha value is -3.53. The third-order valence-corrected chi connectivity index (χ3v) is 6.76. The molecule has 10 heteroatoms. The van der Waals surface area contributed by atoms with Gasteiger partial charge >= 0.3 is 5.97 Å². The number of benzene rings is 1. The SMILES string of the molecule is O=C(NC1(C(=O)O)CCOCC1)c1cnn2ccc(N3CCC[C@@H]3c3cc(F)ccc3F)cc12. The van der Waals surface area contributed by atoms with Crippen molar-refractivity contribution >= 4 is 23.1 Å². The highest BCUT2D eigenvalue weighted by Gasteiger charge is 2.42. The monoisotopic (exact) mass is 470 g/mol. The molecule has 0 unspecified atom stereocenters. The lowest BCUT2D eigenvalue weighted by Crippen LogP contribution is -2.57. The van der Waals surface area contributed by atoms with Gasteiger partial charge < -0.3 is 20.1 Å². The van der Waals surface area contributed by atoms with Crippen molar-refractivity contribution in [3.05, 3.63) is 65.5 Å². The molecule has 4 heterocycles. The first-order valence-electron chi connectivity index (χ1n) is 11.2. The summed E-state index contributed by atoms with van der Waals surface area (Å²) in [4.78, 5) is 27.1. The van der Waals surface area contributed by atoms with E-state index in [1.807, 2.05) is 11.0 Å². The molecule has 0 radical (unpaired) electrons. The van der Waals surface area contributed by atoms with Crippen molar-refractivity contribution in [1.82, 2.24) is 14.9 Å². The standard InChI is InChI=1S/C24H24F2N4O4/c25-15-3-4-19(26)17(12-15)20-2-1-8-29(20)16-5-9-30-21(13-16)18(14-27-30)22(31)28-24(23(32)33)6-10-34-11-7-24/h3-5,9,12-14,20H,1-2,6-8,10-11H2,(H,28,31)(H,32,33)/t20-/m1/s1. The van der Waals surface area contributed by atoms with Gasteiger partial charge in [0.05, 0.1) is 23.3 Å². The largest absolute Gasteiger partial charge is 0.480 e. The second-order valence-electron chi connectivity index (χ2n) is 8.74. The Balaban J connectivity index is 1.47. The molecule has 0 aliphatic carbocycles. The van der Waals surface area contributed by atoms with E-state index in [1.165, 1.54) is 16.8 Å². The van der Waals surface area contributed by atoms with Gasteiger partial charge in [-0.2, -0.15) is 5.10 Å². The molecule has 0 bridgehead atoms. The van der Waals surface area contributed by atoms with Crippen LogP contribution in [-0.2, 0) is 9.53 Å². The van der Waals surface area contributed by atoms with E-state index in [2.05, 4.69) is 10.4 Å². The van der Waals surface area contributed by atoms with E-state index in [0.29, 0.717) is 24.0 Å². The number of aromatic nitrogens is 2. The van der Waals surface area contributed by atoms with Gasteiger partial charge in [-0.3, -0.25) is 4.79 Å². The van der Waals surface area contributed by atoms with E-state index < -0.39 is 29.0 Å². The minimum absolute atomic E-state index is 0.174. The number of nitrogens with one attached hydrogen (secondary N) is 1. The normalized spacial score (nSPS) is 19.9. The highest BCUT2D eigenvalue weighted by molar-refractivity contribution is 6.03. The van der Waals surface area contributed by atoms with Gasteiger partial charge in [0.1, 0.15) is 17.2 Å². The van der Waals surface area contributed by atoms with E-state index in [0.717, 1.165) is 24.2 Å².